The predicted octanol–water partition coefficient (Wildman–Crippen LogP) is 1.73. The quantitative estimate of drug-likeness (QED) is 0.779. The van der Waals surface area contributed by atoms with E-state index in [1.54, 1.807) is 0 Å². The van der Waals surface area contributed by atoms with Crippen molar-refractivity contribution in [3.05, 3.63) is 5.82 Å². The molecule has 0 aliphatic rings. The maximum Gasteiger partial charge on any atom is 0.313 e. The fraction of sp³-hybridized carbons (Fsp3) is 0.667. The van der Waals surface area contributed by atoms with Crippen LogP contribution in [0.1, 0.15) is 32.1 Å². The van der Waals surface area contributed by atoms with Gasteiger partial charge in [0.25, 0.3) is 0 Å². The van der Waals surface area contributed by atoms with E-state index in [0.717, 1.165) is 12.2 Å². The van der Waals surface area contributed by atoms with Crippen molar-refractivity contribution in [2.24, 2.45) is 0 Å². The zero-order chi connectivity index (χ0) is 11.4. The number of nitrogens with zero attached hydrogens (tertiary/aromatic N) is 3. The first kappa shape index (κ1) is 12.0. The van der Waals surface area contributed by atoms with Crippen LogP contribution < -0.4 is 0 Å². The lowest BCUT2D eigenvalue weighted by Crippen LogP contribution is -2.08. The van der Waals surface area contributed by atoms with E-state index in [9.17, 15) is 4.79 Å². The predicted molar refractivity (Wildman–Crippen MR) is 58.1 cm³/mol. The summed E-state index contributed by atoms with van der Waals surface area (Å²) >= 11 is 1.21. The van der Waals surface area contributed by atoms with Crippen molar-refractivity contribution in [1.82, 2.24) is 14.8 Å². The largest absolute Gasteiger partial charge is 0.481 e. The zero-order valence-electron chi connectivity index (χ0n) is 9.10. The summed E-state index contributed by atoms with van der Waals surface area (Å²) in [7, 11) is 0. The Balaban J connectivity index is 2.83. The fourth-order valence-electron chi connectivity index (χ4n) is 1.26. The van der Waals surface area contributed by atoms with Crippen LogP contribution in [0.5, 0.6) is 0 Å². The third kappa shape index (κ3) is 2.95. The first-order valence-corrected chi connectivity index (χ1v) is 5.81. The van der Waals surface area contributed by atoms with Crippen molar-refractivity contribution in [1.29, 1.82) is 0 Å². The number of rotatable bonds is 5. The second-order valence-electron chi connectivity index (χ2n) is 3.34. The summed E-state index contributed by atoms with van der Waals surface area (Å²) in [5.74, 6) is 0.0165. The summed E-state index contributed by atoms with van der Waals surface area (Å²) in [6, 6.07) is 0.302. The third-order valence-corrected chi connectivity index (χ3v) is 3.12. The summed E-state index contributed by atoms with van der Waals surface area (Å²) in [4.78, 5) is 10.5. The van der Waals surface area contributed by atoms with Gasteiger partial charge in [0.15, 0.2) is 5.16 Å². The monoisotopic (exact) mass is 229 g/mol. The normalized spacial score (nSPS) is 12.7. The van der Waals surface area contributed by atoms with Crippen LogP contribution in [0.25, 0.3) is 0 Å². The molecule has 0 amide bonds. The van der Waals surface area contributed by atoms with E-state index in [1.165, 1.54) is 11.8 Å². The van der Waals surface area contributed by atoms with E-state index in [2.05, 4.69) is 24.0 Å². The third-order valence-electron chi connectivity index (χ3n) is 2.19. The smallest absolute Gasteiger partial charge is 0.313 e. The standard InChI is InChI=1S/C9H15N3O2S/c1-4-6(2)12-7(3)10-11-9(12)15-5-8(13)14/h6H,4-5H2,1-3H3,(H,13,14). The van der Waals surface area contributed by atoms with E-state index in [0.29, 0.717) is 11.2 Å². The van der Waals surface area contributed by atoms with Gasteiger partial charge < -0.3 is 9.67 Å². The van der Waals surface area contributed by atoms with E-state index in [1.807, 2.05) is 11.5 Å². The van der Waals surface area contributed by atoms with Gasteiger partial charge in [-0.1, -0.05) is 18.7 Å². The molecule has 1 aromatic heterocycles. The molecule has 1 unspecified atom stereocenters. The highest BCUT2D eigenvalue weighted by Gasteiger charge is 2.14. The van der Waals surface area contributed by atoms with E-state index < -0.39 is 5.97 Å². The molecule has 5 nitrogen and oxygen atoms in total. The SMILES string of the molecule is CCC(C)n1c(C)nnc1SCC(=O)O. The molecule has 0 aromatic carbocycles. The molecule has 0 saturated heterocycles. The van der Waals surface area contributed by atoms with Crippen LogP contribution in [0, 0.1) is 6.92 Å². The highest BCUT2D eigenvalue weighted by molar-refractivity contribution is 7.99. The molecule has 0 saturated carbocycles. The molecule has 1 atom stereocenters. The van der Waals surface area contributed by atoms with Crippen molar-refractivity contribution in [2.45, 2.75) is 38.4 Å². The first-order valence-electron chi connectivity index (χ1n) is 4.82. The molecular formula is C9H15N3O2S. The minimum atomic E-state index is -0.837. The number of aryl methyl sites for hydroxylation is 1. The van der Waals surface area contributed by atoms with Gasteiger partial charge in [0.05, 0.1) is 5.75 Å². The van der Waals surface area contributed by atoms with E-state index in [-0.39, 0.29) is 5.75 Å². The Morgan fingerprint density at radius 2 is 2.27 bits per heavy atom. The number of carboxylic acid groups (broad SMARTS) is 1. The molecule has 0 spiro atoms. The van der Waals surface area contributed by atoms with Crippen molar-refractivity contribution in [2.75, 3.05) is 5.75 Å². The van der Waals surface area contributed by atoms with Crippen LogP contribution in [0.15, 0.2) is 5.16 Å². The number of hydrogen-bond acceptors (Lipinski definition) is 4. The number of aromatic nitrogens is 3. The van der Waals surface area contributed by atoms with Crippen LogP contribution >= 0.6 is 11.8 Å². The molecule has 15 heavy (non-hydrogen) atoms. The Kier molecular flexibility index (Phi) is 4.14. The number of hydrogen-bond donors (Lipinski definition) is 1. The van der Waals surface area contributed by atoms with Gasteiger partial charge in [0, 0.05) is 6.04 Å². The summed E-state index contributed by atoms with van der Waals surface area (Å²) in [6.07, 6.45) is 0.972. The fourth-order valence-corrected chi connectivity index (χ4v) is 2.07. The van der Waals surface area contributed by atoms with Gasteiger partial charge in [-0.3, -0.25) is 4.79 Å². The Labute approximate surface area is 92.9 Å². The number of thioether (sulfide) groups is 1. The number of aliphatic carboxylic acids is 1. The van der Waals surface area contributed by atoms with Crippen LogP contribution in [0.3, 0.4) is 0 Å². The van der Waals surface area contributed by atoms with Gasteiger partial charge in [0.2, 0.25) is 0 Å². The van der Waals surface area contributed by atoms with Gasteiger partial charge in [0.1, 0.15) is 5.82 Å². The Hall–Kier alpha value is -1.04. The molecule has 0 bridgehead atoms. The highest BCUT2D eigenvalue weighted by Crippen LogP contribution is 2.22. The van der Waals surface area contributed by atoms with Crippen molar-refractivity contribution in [3.8, 4) is 0 Å². The lowest BCUT2D eigenvalue weighted by atomic mass is 10.2. The van der Waals surface area contributed by atoms with E-state index in [4.69, 9.17) is 5.11 Å². The molecule has 6 heteroatoms. The van der Waals surface area contributed by atoms with Crippen LogP contribution in [-0.2, 0) is 4.79 Å². The minimum Gasteiger partial charge on any atom is -0.481 e. The summed E-state index contributed by atoms with van der Waals surface area (Å²) < 4.78 is 1.98. The molecule has 1 heterocycles. The number of carboxylic acids is 1. The second-order valence-corrected chi connectivity index (χ2v) is 4.28. The van der Waals surface area contributed by atoms with Crippen molar-refractivity contribution < 1.29 is 9.90 Å². The molecule has 1 N–H and O–H groups in total. The lowest BCUT2D eigenvalue weighted by molar-refractivity contribution is -0.133. The molecule has 1 rings (SSSR count). The summed E-state index contributed by atoms with van der Waals surface area (Å²) in [6.45, 7) is 6.03. The zero-order valence-corrected chi connectivity index (χ0v) is 9.91. The Morgan fingerprint density at radius 1 is 1.60 bits per heavy atom. The molecule has 1 aromatic rings. The van der Waals surface area contributed by atoms with Crippen LogP contribution in [0.4, 0.5) is 0 Å². The van der Waals surface area contributed by atoms with Crippen molar-refractivity contribution >= 4 is 17.7 Å². The molecule has 0 aliphatic carbocycles. The summed E-state index contributed by atoms with van der Waals surface area (Å²) in [5.41, 5.74) is 0. The van der Waals surface area contributed by atoms with Crippen LogP contribution in [-0.4, -0.2) is 31.6 Å². The van der Waals surface area contributed by atoms with Gasteiger partial charge in [-0.05, 0) is 20.3 Å². The summed E-state index contributed by atoms with van der Waals surface area (Å²) in [5, 5.41) is 17.2. The Bertz CT molecular complexity index is 351. The number of carbonyl (C=O) groups is 1. The Morgan fingerprint density at radius 3 is 2.80 bits per heavy atom. The van der Waals surface area contributed by atoms with Gasteiger partial charge in [-0.15, -0.1) is 10.2 Å². The first-order chi connectivity index (χ1) is 7.06. The van der Waals surface area contributed by atoms with Gasteiger partial charge in [-0.25, -0.2) is 0 Å². The lowest BCUT2D eigenvalue weighted by Gasteiger charge is -2.14. The van der Waals surface area contributed by atoms with Gasteiger partial charge in [-0.2, -0.15) is 0 Å². The van der Waals surface area contributed by atoms with Crippen molar-refractivity contribution in [3.63, 3.8) is 0 Å². The molecule has 0 fully saturated rings. The molecule has 0 aliphatic heterocycles. The topological polar surface area (TPSA) is 68.0 Å². The van der Waals surface area contributed by atoms with Gasteiger partial charge >= 0.3 is 5.97 Å². The van der Waals surface area contributed by atoms with Crippen LogP contribution in [0.2, 0.25) is 0 Å². The average Bonchev–Trinajstić information content (AvgIpc) is 2.55. The average molecular weight is 229 g/mol. The molecule has 0 radical (unpaired) electrons. The minimum absolute atomic E-state index is 0.0224. The second kappa shape index (κ2) is 5.16. The molecule has 84 valence electrons. The highest BCUT2D eigenvalue weighted by atomic mass is 32.2. The van der Waals surface area contributed by atoms with E-state index >= 15 is 0 Å². The maximum atomic E-state index is 10.5. The maximum absolute atomic E-state index is 10.5. The molecular weight excluding hydrogens is 214 g/mol.